The number of benzene rings is 2. The standard InChI is InChI=1S/C20H23NO5/c1-4-26-20(23)15-6-5-7-16(12-15)21-19(22)11-8-14-13-17(24-2)9-10-18(14)25-3/h5-7,9-10,12-13H,4,8,11H2,1-3H3,(H,21,22). The van der Waals surface area contributed by atoms with Gasteiger partial charge in [-0.25, -0.2) is 4.79 Å². The van der Waals surface area contributed by atoms with Crippen LogP contribution in [0, 0.1) is 0 Å². The molecule has 6 heteroatoms. The summed E-state index contributed by atoms with van der Waals surface area (Å²) >= 11 is 0. The summed E-state index contributed by atoms with van der Waals surface area (Å²) in [4.78, 5) is 24.0. The lowest BCUT2D eigenvalue weighted by Gasteiger charge is -2.11. The Hall–Kier alpha value is -3.02. The highest BCUT2D eigenvalue weighted by Crippen LogP contribution is 2.25. The Morgan fingerprint density at radius 3 is 2.54 bits per heavy atom. The van der Waals surface area contributed by atoms with Gasteiger partial charge in [-0.1, -0.05) is 6.07 Å². The number of hydrogen-bond acceptors (Lipinski definition) is 5. The second-order valence-electron chi connectivity index (χ2n) is 5.53. The maximum atomic E-state index is 12.2. The third-order valence-corrected chi connectivity index (χ3v) is 3.77. The van der Waals surface area contributed by atoms with Crippen LogP contribution in [-0.2, 0) is 16.0 Å². The Morgan fingerprint density at radius 1 is 1.04 bits per heavy atom. The van der Waals surface area contributed by atoms with E-state index >= 15 is 0 Å². The summed E-state index contributed by atoms with van der Waals surface area (Å²) in [6.45, 7) is 2.05. The van der Waals surface area contributed by atoms with Crippen LogP contribution in [0.25, 0.3) is 0 Å². The molecule has 0 radical (unpaired) electrons. The van der Waals surface area contributed by atoms with E-state index < -0.39 is 5.97 Å². The van der Waals surface area contributed by atoms with Crippen molar-refractivity contribution in [1.82, 2.24) is 0 Å². The minimum atomic E-state index is -0.412. The van der Waals surface area contributed by atoms with Crippen molar-refractivity contribution in [3.8, 4) is 11.5 Å². The van der Waals surface area contributed by atoms with E-state index in [9.17, 15) is 9.59 Å². The van der Waals surface area contributed by atoms with Crippen LogP contribution in [0.1, 0.15) is 29.3 Å². The molecule has 138 valence electrons. The number of carbonyl (C=O) groups excluding carboxylic acids is 2. The predicted molar refractivity (Wildman–Crippen MR) is 98.9 cm³/mol. The molecule has 0 aliphatic rings. The number of aryl methyl sites for hydroxylation is 1. The molecule has 0 saturated carbocycles. The van der Waals surface area contributed by atoms with Crippen LogP contribution in [0.3, 0.4) is 0 Å². The number of esters is 1. The lowest BCUT2D eigenvalue weighted by molar-refractivity contribution is -0.116. The first-order chi connectivity index (χ1) is 12.6. The van der Waals surface area contributed by atoms with Crippen LogP contribution in [0.5, 0.6) is 11.5 Å². The topological polar surface area (TPSA) is 73.9 Å². The molecule has 2 aromatic rings. The van der Waals surface area contributed by atoms with Crippen LogP contribution in [0.4, 0.5) is 5.69 Å². The van der Waals surface area contributed by atoms with Gasteiger partial charge in [0, 0.05) is 12.1 Å². The second-order valence-corrected chi connectivity index (χ2v) is 5.53. The summed E-state index contributed by atoms with van der Waals surface area (Å²) < 4.78 is 15.5. The molecule has 2 aromatic carbocycles. The molecule has 0 bridgehead atoms. The van der Waals surface area contributed by atoms with Gasteiger partial charge < -0.3 is 19.5 Å². The Morgan fingerprint density at radius 2 is 1.85 bits per heavy atom. The summed E-state index contributed by atoms with van der Waals surface area (Å²) in [6.07, 6.45) is 0.775. The molecule has 0 aliphatic carbocycles. The van der Waals surface area contributed by atoms with E-state index in [1.54, 1.807) is 45.4 Å². The Balaban J connectivity index is 1.99. The lowest BCUT2D eigenvalue weighted by Crippen LogP contribution is -2.13. The van der Waals surface area contributed by atoms with E-state index in [0.29, 0.717) is 35.8 Å². The van der Waals surface area contributed by atoms with Crippen LogP contribution < -0.4 is 14.8 Å². The van der Waals surface area contributed by atoms with Gasteiger partial charge in [0.25, 0.3) is 0 Å². The van der Waals surface area contributed by atoms with Gasteiger partial charge in [-0.15, -0.1) is 0 Å². The maximum absolute atomic E-state index is 12.2. The van der Waals surface area contributed by atoms with Crippen LogP contribution in [0.2, 0.25) is 0 Å². The van der Waals surface area contributed by atoms with E-state index in [2.05, 4.69) is 5.32 Å². The van der Waals surface area contributed by atoms with E-state index in [-0.39, 0.29) is 12.3 Å². The summed E-state index contributed by atoms with van der Waals surface area (Å²) in [5, 5.41) is 2.80. The first-order valence-corrected chi connectivity index (χ1v) is 8.35. The number of hydrogen-bond donors (Lipinski definition) is 1. The number of carbonyl (C=O) groups is 2. The van der Waals surface area contributed by atoms with E-state index in [1.165, 1.54) is 0 Å². The minimum Gasteiger partial charge on any atom is -0.497 e. The number of rotatable bonds is 8. The molecule has 0 atom stereocenters. The molecule has 0 aromatic heterocycles. The third-order valence-electron chi connectivity index (χ3n) is 3.77. The van der Waals surface area contributed by atoms with Crippen molar-refractivity contribution in [2.75, 3.05) is 26.1 Å². The summed E-state index contributed by atoms with van der Waals surface area (Å²) in [5.74, 6) is 0.854. The van der Waals surface area contributed by atoms with E-state index in [4.69, 9.17) is 14.2 Å². The summed E-state index contributed by atoms with van der Waals surface area (Å²) in [5.41, 5.74) is 1.85. The number of methoxy groups -OCH3 is 2. The molecule has 0 saturated heterocycles. The van der Waals surface area contributed by atoms with Crippen molar-refractivity contribution in [3.63, 3.8) is 0 Å². The Bertz CT molecular complexity index is 773. The van der Waals surface area contributed by atoms with Crippen LogP contribution in [-0.4, -0.2) is 32.7 Å². The Labute approximate surface area is 153 Å². The molecule has 6 nitrogen and oxygen atoms in total. The molecular weight excluding hydrogens is 334 g/mol. The highest BCUT2D eigenvalue weighted by atomic mass is 16.5. The smallest absolute Gasteiger partial charge is 0.338 e. The fourth-order valence-corrected chi connectivity index (χ4v) is 2.49. The zero-order chi connectivity index (χ0) is 18.9. The van der Waals surface area contributed by atoms with Crippen molar-refractivity contribution in [2.24, 2.45) is 0 Å². The lowest BCUT2D eigenvalue weighted by atomic mass is 10.1. The van der Waals surface area contributed by atoms with Gasteiger partial charge in [0.05, 0.1) is 26.4 Å². The molecule has 0 unspecified atom stereocenters. The quantitative estimate of drug-likeness (QED) is 0.733. The molecular formula is C20H23NO5. The predicted octanol–water partition coefficient (Wildman–Crippen LogP) is 3.45. The van der Waals surface area contributed by atoms with E-state index in [1.807, 2.05) is 18.2 Å². The SMILES string of the molecule is CCOC(=O)c1cccc(NC(=O)CCc2cc(OC)ccc2OC)c1. The molecule has 0 spiro atoms. The molecule has 1 amide bonds. The molecule has 0 fully saturated rings. The minimum absolute atomic E-state index is 0.157. The monoisotopic (exact) mass is 357 g/mol. The molecule has 0 aliphatic heterocycles. The second kappa shape index (κ2) is 9.46. The fourth-order valence-electron chi connectivity index (χ4n) is 2.49. The third kappa shape index (κ3) is 5.24. The first kappa shape index (κ1) is 19.3. The highest BCUT2D eigenvalue weighted by Gasteiger charge is 2.11. The fraction of sp³-hybridized carbons (Fsp3) is 0.300. The average Bonchev–Trinajstić information content (AvgIpc) is 2.66. The first-order valence-electron chi connectivity index (χ1n) is 8.35. The van der Waals surface area contributed by atoms with Gasteiger partial charge in [0.2, 0.25) is 5.91 Å². The van der Waals surface area contributed by atoms with Crippen LogP contribution >= 0.6 is 0 Å². The number of anilines is 1. The van der Waals surface area contributed by atoms with Crippen molar-refractivity contribution >= 4 is 17.6 Å². The van der Waals surface area contributed by atoms with Crippen molar-refractivity contribution in [1.29, 1.82) is 0 Å². The highest BCUT2D eigenvalue weighted by molar-refractivity contribution is 5.94. The van der Waals surface area contributed by atoms with Crippen molar-refractivity contribution in [2.45, 2.75) is 19.8 Å². The number of nitrogens with one attached hydrogen (secondary N) is 1. The van der Waals surface area contributed by atoms with Gasteiger partial charge in [-0.3, -0.25) is 4.79 Å². The molecule has 1 N–H and O–H groups in total. The summed E-state index contributed by atoms with van der Waals surface area (Å²) in [7, 11) is 3.18. The molecule has 26 heavy (non-hydrogen) atoms. The summed E-state index contributed by atoms with van der Waals surface area (Å²) in [6, 6.07) is 12.2. The van der Waals surface area contributed by atoms with Crippen molar-refractivity contribution in [3.05, 3.63) is 53.6 Å². The maximum Gasteiger partial charge on any atom is 0.338 e. The average molecular weight is 357 g/mol. The zero-order valence-electron chi connectivity index (χ0n) is 15.2. The van der Waals surface area contributed by atoms with Gasteiger partial charge in [0.15, 0.2) is 0 Å². The number of ether oxygens (including phenoxy) is 3. The van der Waals surface area contributed by atoms with Crippen LogP contribution in [0.15, 0.2) is 42.5 Å². The van der Waals surface area contributed by atoms with Gasteiger partial charge in [0.1, 0.15) is 11.5 Å². The normalized spacial score (nSPS) is 10.1. The van der Waals surface area contributed by atoms with Crippen molar-refractivity contribution < 1.29 is 23.8 Å². The molecule has 2 rings (SSSR count). The van der Waals surface area contributed by atoms with E-state index in [0.717, 1.165) is 5.56 Å². The Kier molecular flexibility index (Phi) is 7.02. The zero-order valence-corrected chi connectivity index (χ0v) is 15.2. The van der Waals surface area contributed by atoms with Gasteiger partial charge in [-0.2, -0.15) is 0 Å². The van der Waals surface area contributed by atoms with Gasteiger partial charge >= 0.3 is 5.97 Å². The van der Waals surface area contributed by atoms with Gasteiger partial charge in [-0.05, 0) is 55.3 Å². The largest absolute Gasteiger partial charge is 0.497 e. The number of amides is 1. The molecule has 0 heterocycles.